The second kappa shape index (κ2) is 7.19. The van der Waals surface area contributed by atoms with E-state index in [2.05, 4.69) is 22.4 Å². The fourth-order valence-electron chi connectivity index (χ4n) is 0.483. The zero-order valence-corrected chi connectivity index (χ0v) is 8.09. The van der Waals surface area contributed by atoms with Gasteiger partial charge in [0, 0.05) is 6.54 Å². The van der Waals surface area contributed by atoms with Crippen molar-refractivity contribution in [3.05, 3.63) is 30.2 Å². The molecule has 0 aliphatic heterocycles. The Morgan fingerprint density at radius 1 is 1.69 bits per heavy atom. The molecule has 0 fully saturated rings. The normalized spacial score (nSPS) is 8.15. The van der Waals surface area contributed by atoms with E-state index in [0.717, 1.165) is 12.0 Å². The standard InChI is InChI=1S/C10H15NO2/c1-4-7-11-10(12)13-8-6-9(3)5-2/h4,8H,1,5,7H2,2-3H3,(H,11,12). The monoisotopic (exact) mass is 181 g/mol. The number of alkyl carbamates (subject to hydrolysis) is 1. The predicted molar refractivity (Wildman–Crippen MR) is 52.2 cm³/mol. The maximum absolute atomic E-state index is 10.8. The Labute approximate surface area is 78.8 Å². The van der Waals surface area contributed by atoms with Gasteiger partial charge < -0.3 is 10.1 Å². The van der Waals surface area contributed by atoms with Crippen LogP contribution in [-0.4, -0.2) is 12.6 Å². The summed E-state index contributed by atoms with van der Waals surface area (Å²) in [6, 6.07) is 0. The number of allylic oxidation sites excluding steroid dienone is 1. The number of amides is 1. The first-order valence-electron chi connectivity index (χ1n) is 4.16. The first-order chi connectivity index (χ1) is 6.20. The molecular weight excluding hydrogens is 166 g/mol. The van der Waals surface area contributed by atoms with Crippen molar-refractivity contribution in [2.75, 3.05) is 6.54 Å². The molecule has 0 saturated carbocycles. The minimum atomic E-state index is -0.490. The predicted octanol–water partition coefficient (Wildman–Crippen LogP) is 2.37. The van der Waals surface area contributed by atoms with Gasteiger partial charge in [-0.3, -0.25) is 0 Å². The number of nitrogens with one attached hydrogen (secondary N) is 1. The number of hydrogen-bond acceptors (Lipinski definition) is 2. The van der Waals surface area contributed by atoms with Crippen LogP contribution in [0.4, 0.5) is 4.79 Å². The molecule has 0 aliphatic rings. The summed E-state index contributed by atoms with van der Waals surface area (Å²) in [6.45, 7) is 7.79. The Kier molecular flexibility index (Phi) is 6.38. The van der Waals surface area contributed by atoms with Crippen LogP contribution in [0.1, 0.15) is 20.3 Å². The summed E-state index contributed by atoms with van der Waals surface area (Å²) >= 11 is 0. The number of ether oxygens (including phenoxy) is 1. The van der Waals surface area contributed by atoms with Crippen LogP contribution in [0.25, 0.3) is 0 Å². The first kappa shape index (κ1) is 11.5. The lowest BCUT2D eigenvalue weighted by molar-refractivity contribution is 0.187. The average molecular weight is 181 g/mol. The molecule has 1 N–H and O–H groups in total. The lowest BCUT2D eigenvalue weighted by Crippen LogP contribution is -2.22. The zero-order chi connectivity index (χ0) is 10.1. The summed E-state index contributed by atoms with van der Waals surface area (Å²) < 4.78 is 4.66. The molecule has 13 heavy (non-hydrogen) atoms. The van der Waals surface area contributed by atoms with E-state index in [4.69, 9.17) is 0 Å². The van der Waals surface area contributed by atoms with Crippen LogP contribution in [0.5, 0.6) is 0 Å². The van der Waals surface area contributed by atoms with E-state index >= 15 is 0 Å². The van der Waals surface area contributed by atoms with E-state index in [1.165, 1.54) is 6.26 Å². The molecule has 1 amide bonds. The molecular formula is C10H15NO2. The second-order valence-electron chi connectivity index (χ2n) is 2.47. The van der Waals surface area contributed by atoms with Gasteiger partial charge in [-0.1, -0.05) is 18.7 Å². The van der Waals surface area contributed by atoms with Crippen molar-refractivity contribution < 1.29 is 9.53 Å². The molecule has 0 aromatic carbocycles. The van der Waals surface area contributed by atoms with Crippen LogP contribution in [-0.2, 0) is 4.74 Å². The molecule has 3 heteroatoms. The van der Waals surface area contributed by atoms with Gasteiger partial charge in [-0.05, 0) is 18.9 Å². The fourth-order valence-corrected chi connectivity index (χ4v) is 0.483. The second-order valence-corrected chi connectivity index (χ2v) is 2.47. The molecule has 0 saturated heterocycles. The maximum atomic E-state index is 10.8. The highest BCUT2D eigenvalue weighted by Gasteiger charge is 1.93. The third-order valence-corrected chi connectivity index (χ3v) is 1.39. The van der Waals surface area contributed by atoms with Gasteiger partial charge in [0.1, 0.15) is 6.26 Å². The van der Waals surface area contributed by atoms with Crippen molar-refractivity contribution in [3.63, 3.8) is 0 Å². The van der Waals surface area contributed by atoms with Gasteiger partial charge in [0.15, 0.2) is 0 Å². The van der Waals surface area contributed by atoms with Crippen LogP contribution in [0.2, 0.25) is 0 Å². The van der Waals surface area contributed by atoms with Crippen LogP contribution < -0.4 is 5.32 Å². The van der Waals surface area contributed by atoms with Gasteiger partial charge in [0.05, 0.1) is 0 Å². The van der Waals surface area contributed by atoms with Crippen LogP contribution in [0.15, 0.2) is 30.2 Å². The Morgan fingerprint density at radius 2 is 2.38 bits per heavy atom. The largest absolute Gasteiger partial charge is 0.412 e. The van der Waals surface area contributed by atoms with Crippen LogP contribution in [0, 0.1) is 0 Å². The molecule has 0 aromatic heterocycles. The summed E-state index contributed by atoms with van der Waals surface area (Å²) in [6.07, 6.45) is 3.25. The minimum Gasteiger partial charge on any atom is -0.410 e. The Bertz CT molecular complexity index is 237. The smallest absolute Gasteiger partial charge is 0.410 e. The molecule has 0 aromatic rings. The number of carbonyl (C=O) groups excluding carboxylic acids is 1. The fraction of sp³-hybridized carbons (Fsp3) is 0.400. The van der Waals surface area contributed by atoms with Gasteiger partial charge in [0.2, 0.25) is 0 Å². The number of hydrogen-bond donors (Lipinski definition) is 1. The molecule has 0 atom stereocenters. The quantitative estimate of drug-likeness (QED) is 0.411. The van der Waals surface area contributed by atoms with E-state index < -0.39 is 6.09 Å². The third kappa shape index (κ3) is 6.91. The lowest BCUT2D eigenvalue weighted by Gasteiger charge is -1.97. The van der Waals surface area contributed by atoms with E-state index in [9.17, 15) is 4.79 Å². The summed E-state index contributed by atoms with van der Waals surface area (Å²) in [5, 5.41) is 2.46. The third-order valence-electron chi connectivity index (χ3n) is 1.39. The average Bonchev–Trinajstić information content (AvgIpc) is 2.14. The van der Waals surface area contributed by atoms with Gasteiger partial charge in [-0.15, -0.1) is 6.58 Å². The highest BCUT2D eigenvalue weighted by Crippen LogP contribution is 1.93. The number of rotatable bonds is 4. The van der Waals surface area contributed by atoms with E-state index in [-0.39, 0.29) is 0 Å². The highest BCUT2D eigenvalue weighted by molar-refractivity contribution is 5.67. The molecule has 3 nitrogen and oxygen atoms in total. The Balaban J connectivity index is 3.81. The lowest BCUT2D eigenvalue weighted by atomic mass is 10.3. The topological polar surface area (TPSA) is 38.3 Å². The molecule has 72 valence electrons. The van der Waals surface area contributed by atoms with Crippen LogP contribution in [0.3, 0.4) is 0 Å². The molecule has 0 radical (unpaired) electrons. The van der Waals surface area contributed by atoms with Crippen molar-refractivity contribution in [2.45, 2.75) is 20.3 Å². The molecule has 0 rings (SSSR count). The van der Waals surface area contributed by atoms with Gasteiger partial charge in [-0.2, -0.15) is 0 Å². The molecule has 0 bridgehead atoms. The van der Waals surface area contributed by atoms with Crippen molar-refractivity contribution in [2.24, 2.45) is 0 Å². The highest BCUT2D eigenvalue weighted by atomic mass is 16.5. The van der Waals surface area contributed by atoms with Gasteiger partial charge in [0.25, 0.3) is 0 Å². The van der Waals surface area contributed by atoms with Crippen LogP contribution >= 0.6 is 0 Å². The van der Waals surface area contributed by atoms with Gasteiger partial charge in [-0.25, -0.2) is 4.79 Å². The zero-order valence-electron chi connectivity index (χ0n) is 8.09. The minimum absolute atomic E-state index is 0.406. The number of carbonyl (C=O) groups is 1. The van der Waals surface area contributed by atoms with E-state index in [0.29, 0.717) is 6.54 Å². The van der Waals surface area contributed by atoms with Crippen molar-refractivity contribution in [1.82, 2.24) is 5.32 Å². The Hall–Kier alpha value is -1.47. The van der Waals surface area contributed by atoms with E-state index in [1.807, 2.05) is 13.8 Å². The maximum Gasteiger partial charge on any atom is 0.412 e. The molecule has 0 spiro atoms. The molecule has 0 aliphatic carbocycles. The SMILES string of the molecule is C=CCNC(=O)OC=C=C(C)CC. The summed E-state index contributed by atoms with van der Waals surface area (Å²) in [4.78, 5) is 10.8. The van der Waals surface area contributed by atoms with Crippen molar-refractivity contribution >= 4 is 6.09 Å². The van der Waals surface area contributed by atoms with E-state index in [1.54, 1.807) is 6.08 Å². The molecule has 0 unspecified atom stereocenters. The summed E-state index contributed by atoms with van der Waals surface area (Å²) in [7, 11) is 0. The summed E-state index contributed by atoms with van der Waals surface area (Å²) in [5.41, 5.74) is 3.86. The van der Waals surface area contributed by atoms with Crippen molar-refractivity contribution in [3.8, 4) is 0 Å². The Morgan fingerprint density at radius 3 is 2.92 bits per heavy atom. The molecule has 0 heterocycles. The first-order valence-corrected chi connectivity index (χ1v) is 4.16. The summed E-state index contributed by atoms with van der Waals surface area (Å²) in [5.74, 6) is 0. The van der Waals surface area contributed by atoms with Crippen molar-refractivity contribution in [1.29, 1.82) is 0 Å². The van der Waals surface area contributed by atoms with Gasteiger partial charge >= 0.3 is 6.09 Å².